The molecular formula is C21H20N4O2. The summed E-state index contributed by atoms with van der Waals surface area (Å²) in [5.41, 5.74) is 5.08. The minimum Gasteiger partial charge on any atom is -0.359 e. The van der Waals surface area contributed by atoms with E-state index in [4.69, 9.17) is 4.52 Å². The first kappa shape index (κ1) is 17.0. The molecule has 27 heavy (non-hydrogen) atoms. The van der Waals surface area contributed by atoms with Crippen LogP contribution < -0.4 is 0 Å². The Kier molecular flexibility index (Phi) is 4.24. The van der Waals surface area contributed by atoms with Crippen molar-refractivity contribution in [3.8, 4) is 11.4 Å². The molecule has 4 rings (SSSR count). The number of carbonyl (C=O) groups is 1. The Labute approximate surface area is 156 Å². The van der Waals surface area contributed by atoms with Crippen LogP contribution in [0.15, 0.2) is 53.2 Å². The third-order valence-electron chi connectivity index (χ3n) is 4.65. The first-order valence-corrected chi connectivity index (χ1v) is 8.74. The Hall–Kier alpha value is -3.41. The van der Waals surface area contributed by atoms with E-state index in [1.807, 2.05) is 50.2 Å². The van der Waals surface area contributed by atoms with Crippen molar-refractivity contribution >= 4 is 16.8 Å². The summed E-state index contributed by atoms with van der Waals surface area (Å²) in [6, 6.07) is 13.6. The highest BCUT2D eigenvalue weighted by molar-refractivity contribution is 6.00. The molecule has 0 saturated carbocycles. The molecule has 1 aromatic carbocycles. The van der Waals surface area contributed by atoms with Gasteiger partial charge in [-0.05, 0) is 43.7 Å². The van der Waals surface area contributed by atoms with E-state index in [0.29, 0.717) is 23.7 Å². The fourth-order valence-corrected chi connectivity index (χ4v) is 3.17. The summed E-state index contributed by atoms with van der Waals surface area (Å²) < 4.78 is 5.39. The van der Waals surface area contributed by atoms with Gasteiger partial charge in [-0.1, -0.05) is 22.9 Å². The molecule has 0 aliphatic rings. The summed E-state index contributed by atoms with van der Waals surface area (Å²) in [5, 5.41) is 5.12. The molecular weight excluding hydrogens is 340 g/mol. The number of nitrogens with zero attached hydrogens (tertiary/aromatic N) is 3. The molecule has 0 spiro atoms. The average Bonchev–Trinajstić information content (AvgIpc) is 3.27. The van der Waals surface area contributed by atoms with Gasteiger partial charge in [-0.2, -0.15) is 0 Å². The van der Waals surface area contributed by atoms with Crippen LogP contribution in [-0.2, 0) is 6.54 Å². The van der Waals surface area contributed by atoms with Crippen LogP contribution in [0.3, 0.4) is 0 Å². The van der Waals surface area contributed by atoms with Gasteiger partial charge in [-0.15, -0.1) is 0 Å². The van der Waals surface area contributed by atoms with Crippen LogP contribution in [0.25, 0.3) is 22.3 Å². The van der Waals surface area contributed by atoms with Gasteiger partial charge in [-0.25, -0.2) is 0 Å². The summed E-state index contributed by atoms with van der Waals surface area (Å²) in [4.78, 5) is 22.0. The van der Waals surface area contributed by atoms with Gasteiger partial charge in [0.05, 0.1) is 12.2 Å². The van der Waals surface area contributed by atoms with E-state index in [1.54, 1.807) is 18.1 Å². The number of pyridine rings is 1. The van der Waals surface area contributed by atoms with E-state index in [2.05, 4.69) is 21.2 Å². The first-order valence-electron chi connectivity index (χ1n) is 8.74. The number of aromatic nitrogens is 3. The van der Waals surface area contributed by atoms with E-state index < -0.39 is 0 Å². The smallest absolute Gasteiger partial charge is 0.270 e. The standard InChI is InChI=1S/C21H20N4O2/c1-13-7-8-17-16(10-13)14(2)20(23-17)21(26)25(3)12-15-11-19(24-27-15)18-6-4-5-9-22-18/h4-11,23H,12H2,1-3H3. The second kappa shape index (κ2) is 6.72. The van der Waals surface area contributed by atoms with Gasteiger partial charge in [0.25, 0.3) is 5.91 Å². The van der Waals surface area contributed by atoms with Crippen LogP contribution >= 0.6 is 0 Å². The topological polar surface area (TPSA) is 75.0 Å². The largest absolute Gasteiger partial charge is 0.359 e. The maximum absolute atomic E-state index is 12.9. The summed E-state index contributed by atoms with van der Waals surface area (Å²) in [6.45, 7) is 4.34. The lowest BCUT2D eigenvalue weighted by Crippen LogP contribution is -2.26. The normalized spacial score (nSPS) is 11.1. The van der Waals surface area contributed by atoms with Gasteiger partial charge in [-0.3, -0.25) is 9.78 Å². The van der Waals surface area contributed by atoms with Crippen molar-refractivity contribution in [1.29, 1.82) is 0 Å². The van der Waals surface area contributed by atoms with Crippen molar-refractivity contribution < 1.29 is 9.32 Å². The zero-order valence-corrected chi connectivity index (χ0v) is 15.5. The molecule has 3 heterocycles. The highest BCUT2D eigenvalue weighted by Gasteiger charge is 2.20. The third kappa shape index (κ3) is 3.21. The Morgan fingerprint density at radius 2 is 2.00 bits per heavy atom. The van der Waals surface area contributed by atoms with Crippen molar-refractivity contribution in [2.45, 2.75) is 20.4 Å². The molecule has 0 unspecified atom stereocenters. The number of hydrogen-bond donors (Lipinski definition) is 1. The summed E-state index contributed by atoms with van der Waals surface area (Å²) >= 11 is 0. The van der Waals surface area contributed by atoms with Crippen LogP contribution in [0.5, 0.6) is 0 Å². The number of amides is 1. The van der Waals surface area contributed by atoms with Crippen LogP contribution in [0, 0.1) is 13.8 Å². The second-order valence-electron chi connectivity index (χ2n) is 6.73. The van der Waals surface area contributed by atoms with Crippen LogP contribution in [-0.4, -0.2) is 33.0 Å². The van der Waals surface area contributed by atoms with Crippen molar-refractivity contribution in [2.75, 3.05) is 7.05 Å². The van der Waals surface area contributed by atoms with E-state index in [9.17, 15) is 4.79 Å². The van der Waals surface area contributed by atoms with E-state index in [0.717, 1.165) is 22.2 Å². The number of aryl methyl sites for hydroxylation is 2. The van der Waals surface area contributed by atoms with Crippen molar-refractivity contribution in [2.24, 2.45) is 0 Å². The molecule has 6 nitrogen and oxygen atoms in total. The fraction of sp³-hybridized carbons (Fsp3) is 0.190. The average molecular weight is 360 g/mol. The highest BCUT2D eigenvalue weighted by atomic mass is 16.5. The van der Waals surface area contributed by atoms with Crippen molar-refractivity contribution in [3.63, 3.8) is 0 Å². The number of H-pyrrole nitrogens is 1. The lowest BCUT2D eigenvalue weighted by atomic mass is 10.1. The van der Waals surface area contributed by atoms with E-state index in [-0.39, 0.29) is 5.91 Å². The first-order chi connectivity index (χ1) is 13.0. The Morgan fingerprint density at radius 3 is 2.78 bits per heavy atom. The lowest BCUT2D eigenvalue weighted by Gasteiger charge is -2.14. The molecule has 0 saturated heterocycles. The van der Waals surface area contributed by atoms with Gasteiger partial charge >= 0.3 is 0 Å². The minimum absolute atomic E-state index is 0.0860. The number of fused-ring (bicyclic) bond motifs is 1. The maximum atomic E-state index is 12.9. The zero-order chi connectivity index (χ0) is 19.0. The molecule has 1 amide bonds. The number of benzene rings is 1. The predicted octanol–water partition coefficient (Wildman–Crippen LogP) is 4.11. The fourth-order valence-electron chi connectivity index (χ4n) is 3.17. The number of nitrogens with one attached hydrogen (secondary N) is 1. The molecule has 1 N–H and O–H groups in total. The number of aromatic amines is 1. The number of rotatable bonds is 4. The van der Waals surface area contributed by atoms with Gasteiger partial charge in [0.1, 0.15) is 11.4 Å². The van der Waals surface area contributed by atoms with Crippen LogP contribution in [0.4, 0.5) is 0 Å². The maximum Gasteiger partial charge on any atom is 0.270 e. The Balaban J connectivity index is 1.55. The Bertz CT molecular complexity index is 1110. The summed E-state index contributed by atoms with van der Waals surface area (Å²) in [5.74, 6) is 0.522. The molecule has 4 aromatic rings. The molecule has 0 radical (unpaired) electrons. The lowest BCUT2D eigenvalue weighted by molar-refractivity contribution is 0.0766. The van der Waals surface area contributed by atoms with Crippen LogP contribution in [0.1, 0.15) is 27.4 Å². The third-order valence-corrected chi connectivity index (χ3v) is 4.65. The van der Waals surface area contributed by atoms with Gasteiger partial charge in [0.2, 0.25) is 0 Å². The quantitative estimate of drug-likeness (QED) is 0.594. The summed E-state index contributed by atoms with van der Waals surface area (Å²) in [6.07, 6.45) is 1.71. The van der Waals surface area contributed by atoms with Gasteiger partial charge in [0, 0.05) is 30.2 Å². The van der Waals surface area contributed by atoms with Gasteiger partial charge < -0.3 is 14.4 Å². The molecule has 0 bridgehead atoms. The van der Waals surface area contributed by atoms with E-state index in [1.165, 1.54) is 5.56 Å². The molecule has 0 fully saturated rings. The van der Waals surface area contributed by atoms with Gasteiger partial charge in [0.15, 0.2) is 5.76 Å². The molecule has 0 aliphatic carbocycles. The predicted molar refractivity (Wildman–Crippen MR) is 103 cm³/mol. The highest BCUT2D eigenvalue weighted by Crippen LogP contribution is 2.24. The SMILES string of the molecule is Cc1ccc2[nH]c(C(=O)N(C)Cc3cc(-c4ccccn4)no3)c(C)c2c1. The number of hydrogen-bond acceptors (Lipinski definition) is 4. The Morgan fingerprint density at radius 1 is 1.15 bits per heavy atom. The molecule has 6 heteroatoms. The molecule has 3 aromatic heterocycles. The minimum atomic E-state index is -0.0860. The molecule has 0 aliphatic heterocycles. The molecule has 136 valence electrons. The van der Waals surface area contributed by atoms with Crippen molar-refractivity contribution in [1.82, 2.24) is 20.0 Å². The molecule has 0 atom stereocenters. The number of carbonyl (C=O) groups excluding carboxylic acids is 1. The van der Waals surface area contributed by atoms with Crippen molar-refractivity contribution in [3.05, 3.63) is 71.2 Å². The monoisotopic (exact) mass is 360 g/mol. The van der Waals surface area contributed by atoms with Crippen LogP contribution in [0.2, 0.25) is 0 Å². The zero-order valence-electron chi connectivity index (χ0n) is 15.5. The van der Waals surface area contributed by atoms with E-state index >= 15 is 0 Å². The summed E-state index contributed by atoms with van der Waals surface area (Å²) in [7, 11) is 1.75. The second-order valence-corrected chi connectivity index (χ2v) is 6.73.